The number of aromatic nitrogens is 1. The second-order valence-corrected chi connectivity index (χ2v) is 6.16. The summed E-state index contributed by atoms with van der Waals surface area (Å²) in [7, 11) is 0. The van der Waals surface area contributed by atoms with Crippen LogP contribution >= 0.6 is 11.3 Å². The minimum absolute atomic E-state index is 0.0252. The first-order chi connectivity index (χ1) is 10.1. The number of para-hydroxylation sites is 1. The van der Waals surface area contributed by atoms with Gasteiger partial charge in [-0.05, 0) is 43.2 Å². The van der Waals surface area contributed by atoms with E-state index in [-0.39, 0.29) is 5.91 Å². The molecule has 4 heteroatoms. The van der Waals surface area contributed by atoms with Crippen LogP contribution in [-0.4, -0.2) is 10.9 Å². The highest BCUT2D eigenvalue weighted by Gasteiger charge is 2.10. The lowest BCUT2D eigenvalue weighted by molar-refractivity contribution is -0.115. The standard InChI is InChI=1S/C17H16N2OS/c1-11-6-5-8-13(12(11)2)18-16(20)10-17-19-14-7-3-4-9-15(14)21-17/h3-9H,10H2,1-2H3,(H,18,20). The average Bonchev–Trinajstić information content (AvgIpc) is 2.86. The quantitative estimate of drug-likeness (QED) is 0.791. The summed E-state index contributed by atoms with van der Waals surface area (Å²) in [5.41, 5.74) is 4.11. The fourth-order valence-electron chi connectivity index (χ4n) is 2.21. The molecular weight excluding hydrogens is 280 g/mol. The molecule has 0 spiro atoms. The van der Waals surface area contributed by atoms with Crippen LogP contribution in [-0.2, 0) is 11.2 Å². The number of rotatable bonds is 3. The van der Waals surface area contributed by atoms with Crippen LogP contribution in [0.3, 0.4) is 0 Å². The normalized spacial score (nSPS) is 10.8. The number of fused-ring (bicyclic) bond motifs is 1. The van der Waals surface area contributed by atoms with Crippen LogP contribution in [0, 0.1) is 13.8 Å². The van der Waals surface area contributed by atoms with Crippen molar-refractivity contribution in [2.24, 2.45) is 0 Å². The zero-order chi connectivity index (χ0) is 14.8. The highest BCUT2D eigenvalue weighted by molar-refractivity contribution is 7.18. The maximum atomic E-state index is 12.2. The van der Waals surface area contributed by atoms with Crippen LogP contribution in [0.2, 0.25) is 0 Å². The van der Waals surface area contributed by atoms with E-state index in [0.29, 0.717) is 6.42 Å². The van der Waals surface area contributed by atoms with Gasteiger partial charge in [0.2, 0.25) is 5.91 Å². The number of hydrogen-bond acceptors (Lipinski definition) is 3. The second-order valence-electron chi connectivity index (χ2n) is 5.05. The maximum absolute atomic E-state index is 12.2. The number of benzene rings is 2. The van der Waals surface area contributed by atoms with Gasteiger partial charge < -0.3 is 5.32 Å². The fraction of sp³-hybridized carbons (Fsp3) is 0.176. The van der Waals surface area contributed by atoms with Gasteiger partial charge in [0.1, 0.15) is 5.01 Å². The molecule has 0 radical (unpaired) electrons. The van der Waals surface area contributed by atoms with E-state index in [1.165, 1.54) is 5.56 Å². The number of nitrogens with one attached hydrogen (secondary N) is 1. The molecule has 0 bridgehead atoms. The highest BCUT2D eigenvalue weighted by atomic mass is 32.1. The molecule has 0 saturated carbocycles. The van der Waals surface area contributed by atoms with Gasteiger partial charge in [-0.3, -0.25) is 4.79 Å². The Kier molecular flexibility index (Phi) is 3.71. The molecule has 0 fully saturated rings. The summed E-state index contributed by atoms with van der Waals surface area (Å²) in [4.78, 5) is 16.7. The Morgan fingerprint density at radius 1 is 1.14 bits per heavy atom. The Balaban J connectivity index is 1.75. The van der Waals surface area contributed by atoms with Gasteiger partial charge in [-0.25, -0.2) is 4.98 Å². The summed E-state index contributed by atoms with van der Waals surface area (Å²) in [5.74, 6) is -0.0252. The van der Waals surface area contributed by atoms with Gasteiger partial charge in [0.25, 0.3) is 0 Å². The van der Waals surface area contributed by atoms with Gasteiger partial charge in [0.05, 0.1) is 16.6 Å². The Labute approximate surface area is 127 Å². The van der Waals surface area contributed by atoms with Gasteiger partial charge in [-0.2, -0.15) is 0 Å². The van der Waals surface area contributed by atoms with Crippen molar-refractivity contribution in [1.29, 1.82) is 0 Å². The summed E-state index contributed by atoms with van der Waals surface area (Å²) >= 11 is 1.57. The molecule has 3 aromatic rings. The van der Waals surface area contributed by atoms with Crippen molar-refractivity contribution in [1.82, 2.24) is 4.98 Å². The largest absolute Gasteiger partial charge is 0.325 e. The molecule has 0 aliphatic heterocycles. The molecule has 0 saturated heterocycles. The topological polar surface area (TPSA) is 42.0 Å². The first kappa shape index (κ1) is 13.8. The van der Waals surface area contributed by atoms with Crippen LogP contribution in [0.25, 0.3) is 10.2 Å². The second kappa shape index (κ2) is 5.66. The number of carbonyl (C=O) groups excluding carboxylic acids is 1. The van der Waals surface area contributed by atoms with Crippen molar-refractivity contribution in [3.05, 3.63) is 58.6 Å². The third-order valence-electron chi connectivity index (χ3n) is 3.53. The smallest absolute Gasteiger partial charge is 0.231 e. The molecule has 1 aromatic heterocycles. The monoisotopic (exact) mass is 296 g/mol. The molecule has 0 aliphatic rings. The lowest BCUT2D eigenvalue weighted by atomic mass is 10.1. The van der Waals surface area contributed by atoms with Crippen LogP contribution in [0.5, 0.6) is 0 Å². The zero-order valence-electron chi connectivity index (χ0n) is 12.0. The number of carbonyl (C=O) groups is 1. The third-order valence-corrected chi connectivity index (χ3v) is 4.57. The van der Waals surface area contributed by atoms with Crippen molar-refractivity contribution in [3.8, 4) is 0 Å². The maximum Gasteiger partial charge on any atom is 0.231 e. The number of thiazole rings is 1. The summed E-state index contributed by atoms with van der Waals surface area (Å²) in [6.45, 7) is 4.06. The van der Waals surface area contributed by atoms with Crippen LogP contribution in [0.1, 0.15) is 16.1 Å². The van der Waals surface area contributed by atoms with E-state index >= 15 is 0 Å². The molecule has 1 N–H and O–H groups in total. The van der Waals surface area contributed by atoms with Crippen molar-refractivity contribution in [2.75, 3.05) is 5.32 Å². The lowest BCUT2D eigenvalue weighted by Crippen LogP contribution is -2.15. The molecule has 0 unspecified atom stereocenters. The van der Waals surface area contributed by atoms with Crippen LogP contribution in [0.4, 0.5) is 5.69 Å². The number of amides is 1. The predicted octanol–water partition coefficient (Wildman–Crippen LogP) is 4.09. The van der Waals surface area contributed by atoms with Crippen molar-refractivity contribution in [3.63, 3.8) is 0 Å². The third kappa shape index (κ3) is 2.95. The molecule has 0 atom stereocenters. The van der Waals surface area contributed by atoms with Crippen molar-refractivity contribution >= 4 is 33.1 Å². The van der Waals surface area contributed by atoms with Crippen LogP contribution in [0.15, 0.2) is 42.5 Å². The average molecular weight is 296 g/mol. The Hall–Kier alpha value is -2.20. The van der Waals surface area contributed by atoms with Gasteiger partial charge in [-0.15, -0.1) is 11.3 Å². The van der Waals surface area contributed by atoms with E-state index in [1.807, 2.05) is 56.3 Å². The molecular formula is C17H16N2OS. The van der Waals surface area contributed by atoms with Gasteiger partial charge in [0, 0.05) is 5.69 Å². The van der Waals surface area contributed by atoms with Crippen LogP contribution < -0.4 is 5.32 Å². The Bertz CT molecular complexity index is 774. The summed E-state index contributed by atoms with van der Waals surface area (Å²) in [6, 6.07) is 13.9. The molecule has 0 aliphatic carbocycles. The van der Waals surface area contributed by atoms with E-state index in [9.17, 15) is 4.79 Å². The minimum Gasteiger partial charge on any atom is -0.325 e. The van der Waals surface area contributed by atoms with Crippen molar-refractivity contribution in [2.45, 2.75) is 20.3 Å². The number of anilines is 1. The first-order valence-corrected chi connectivity index (χ1v) is 7.65. The Morgan fingerprint density at radius 2 is 1.95 bits per heavy atom. The molecule has 1 heterocycles. The highest BCUT2D eigenvalue weighted by Crippen LogP contribution is 2.23. The molecule has 106 valence electrons. The molecule has 3 nitrogen and oxygen atoms in total. The summed E-state index contributed by atoms with van der Waals surface area (Å²) in [5, 5.41) is 3.82. The van der Waals surface area contributed by atoms with E-state index in [2.05, 4.69) is 10.3 Å². The zero-order valence-corrected chi connectivity index (χ0v) is 12.8. The van der Waals surface area contributed by atoms with E-state index in [4.69, 9.17) is 0 Å². The molecule has 1 amide bonds. The van der Waals surface area contributed by atoms with Gasteiger partial charge in [0.15, 0.2) is 0 Å². The van der Waals surface area contributed by atoms with E-state index < -0.39 is 0 Å². The first-order valence-electron chi connectivity index (χ1n) is 6.84. The van der Waals surface area contributed by atoms with Gasteiger partial charge >= 0.3 is 0 Å². The van der Waals surface area contributed by atoms with Crippen molar-refractivity contribution < 1.29 is 4.79 Å². The van der Waals surface area contributed by atoms with Gasteiger partial charge in [-0.1, -0.05) is 24.3 Å². The number of hydrogen-bond donors (Lipinski definition) is 1. The summed E-state index contributed by atoms with van der Waals surface area (Å²) in [6.07, 6.45) is 0.312. The number of aryl methyl sites for hydroxylation is 1. The predicted molar refractivity (Wildman–Crippen MR) is 87.9 cm³/mol. The van der Waals surface area contributed by atoms with E-state index in [0.717, 1.165) is 26.5 Å². The van der Waals surface area contributed by atoms with E-state index in [1.54, 1.807) is 11.3 Å². The molecule has 3 rings (SSSR count). The minimum atomic E-state index is -0.0252. The SMILES string of the molecule is Cc1cccc(NC(=O)Cc2nc3ccccc3s2)c1C. The lowest BCUT2D eigenvalue weighted by Gasteiger charge is -2.09. The number of nitrogens with zero attached hydrogens (tertiary/aromatic N) is 1. The fourth-order valence-corrected chi connectivity index (χ4v) is 3.18. The summed E-state index contributed by atoms with van der Waals surface area (Å²) < 4.78 is 1.12. The molecule has 21 heavy (non-hydrogen) atoms. The Morgan fingerprint density at radius 3 is 2.76 bits per heavy atom. The molecule has 2 aromatic carbocycles.